The van der Waals surface area contributed by atoms with Crippen molar-refractivity contribution in [3.8, 4) is 16.9 Å². The van der Waals surface area contributed by atoms with Gasteiger partial charge in [-0.25, -0.2) is 13.5 Å². The highest BCUT2D eigenvalue weighted by Gasteiger charge is 2.37. The summed E-state index contributed by atoms with van der Waals surface area (Å²) in [7, 11) is 3.13. The molecule has 5 rings (SSSR count). The molecular weight excluding hydrogens is 556 g/mol. The minimum Gasteiger partial charge on any atom is -0.383 e. The van der Waals surface area contributed by atoms with E-state index in [4.69, 9.17) is 14.7 Å². The first-order chi connectivity index (χ1) is 20.8. The molecular formula is C32H33F2N5O4. The molecule has 0 aliphatic carbocycles. The van der Waals surface area contributed by atoms with E-state index in [0.29, 0.717) is 36.5 Å². The number of aromatic nitrogens is 3. The molecule has 2 aromatic carbocycles. The Hall–Kier alpha value is -4.32. The van der Waals surface area contributed by atoms with Crippen molar-refractivity contribution in [1.29, 1.82) is 0 Å². The number of amides is 1. The number of pyridine rings is 1. The number of Topliss-reactive ketones (excluding diaryl/α,β-unsaturated/α-hetero) is 1. The van der Waals surface area contributed by atoms with Crippen molar-refractivity contribution >= 4 is 11.7 Å². The van der Waals surface area contributed by atoms with Gasteiger partial charge in [-0.3, -0.25) is 19.4 Å². The number of nitrogens with zero attached hydrogens (tertiary/aromatic N) is 4. The number of rotatable bonds is 11. The maximum atomic E-state index is 14.1. The van der Waals surface area contributed by atoms with E-state index in [0.717, 1.165) is 29.1 Å². The van der Waals surface area contributed by atoms with Gasteiger partial charge in [0.05, 0.1) is 23.7 Å². The van der Waals surface area contributed by atoms with Crippen LogP contribution in [0.5, 0.6) is 0 Å². The SMILES string of the molecule is CNC(=O)c1ccc(-c2nn(-c3ccccc3)c(CC(=O)C[C@@H]3CN(CCOC)O[C@H]3c3ccc(F)c(F)c3)c2C)cn1. The number of ketones is 1. The van der Waals surface area contributed by atoms with Crippen molar-refractivity contribution in [2.24, 2.45) is 5.92 Å². The van der Waals surface area contributed by atoms with Gasteiger partial charge in [0.2, 0.25) is 0 Å². The molecule has 1 aliphatic heterocycles. The summed E-state index contributed by atoms with van der Waals surface area (Å²) in [5.74, 6) is -2.53. The monoisotopic (exact) mass is 589 g/mol. The average molecular weight is 590 g/mol. The Morgan fingerprint density at radius 3 is 2.56 bits per heavy atom. The van der Waals surface area contributed by atoms with Gasteiger partial charge in [-0.15, -0.1) is 0 Å². The van der Waals surface area contributed by atoms with Gasteiger partial charge in [0, 0.05) is 57.8 Å². The number of hydroxylamine groups is 2. The summed E-state index contributed by atoms with van der Waals surface area (Å²) in [6.07, 6.45) is 1.23. The van der Waals surface area contributed by atoms with E-state index in [9.17, 15) is 18.4 Å². The normalized spacial score (nSPS) is 16.9. The first-order valence-electron chi connectivity index (χ1n) is 14.0. The summed E-state index contributed by atoms with van der Waals surface area (Å²) < 4.78 is 34.7. The molecule has 2 atom stereocenters. The van der Waals surface area contributed by atoms with Crippen LogP contribution in [0.3, 0.4) is 0 Å². The summed E-state index contributed by atoms with van der Waals surface area (Å²) in [4.78, 5) is 36.0. The molecule has 2 aromatic heterocycles. The maximum absolute atomic E-state index is 14.1. The van der Waals surface area contributed by atoms with Crippen molar-refractivity contribution < 1.29 is 27.9 Å². The lowest BCUT2D eigenvalue weighted by molar-refractivity contribution is -0.155. The van der Waals surface area contributed by atoms with Crippen LogP contribution in [-0.2, 0) is 20.8 Å². The second-order valence-corrected chi connectivity index (χ2v) is 10.4. The first kappa shape index (κ1) is 30.1. The highest BCUT2D eigenvalue weighted by Crippen LogP contribution is 2.37. The average Bonchev–Trinajstić information content (AvgIpc) is 3.57. The van der Waals surface area contributed by atoms with E-state index in [2.05, 4.69) is 10.3 Å². The zero-order valence-corrected chi connectivity index (χ0v) is 24.2. The summed E-state index contributed by atoms with van der Waals surface area (Å²) in [6, 6.07) is 16.6. The molecule has 0 radical (unpaired) electrons. The standard InChI is InChI=1S/C32H33F2N5O4/c1-20-29(39(24-7-5-4-6-8-24)37-30(20)22-10-12-28(36-18-22)32(41)35-2)17-25(40)15-23-19-38(13-14-42-3)43-31(23)21-9-11-26(33)27(34)16-21/h4-12,16,18,23,31H,13-15,17,19H2,1-3H3,(H,35,41)/t23-,31+/m1/s1. The molecule has 11 heteroatoms. The second-order valence-electron chi connectivity index (χ2n) is 10.4. The number of ether oxygens (including phenoxy) is 1. The van der Waals surface area contributed by atoms with Crippen LogP contribution < -0.4 is 5.32 Å². The van der Waals surface area contributed by atoms with Gasteiger partial charge in [-0.1, -0.05) is 24.3 Å². The van der Waals surface area contributed by atoms with Crippen LogP contribution >= 0.6 is 0 Å². The molecule has 3 heterocycles. The smallest absolute Gasteiger partial charge is 0.269 e. The number of hydrogen-bond acceptors (Lipinski definition) is 7. The molecule has 1 saturated heterocycles. The number of carbonyl (C=O) groups is 2. The van der Waals surface area contributed by atoms with Gasteiger partial charge in [0.25, 0.3) is 5.91 Å². The minimum absolute atomic E-state index is 0.0467. The molecule has 1 aliphatic rings. The lowest BCUT2D eigenvalue weighted by Gasteiger charge is -2.18. The van der Waals surface area contributed by atoms with Crippen LogP contribution in [-0.4, -0.2) is 65.4 Å². The molecule has 9 nitrogen and oxygen atoms in total. The zero-order chi connectivity index (χ0) is 30.5. The van der Waals surface area contributed by atoms with Crippen LogP contribution in [0.2, 0.25) is 0 Å². The lowest BCUT2D eigenvalue weighted by atomic mass is 9.90. The van der Waals surface area contributed by atoms with E-state index < -0.39 is 17.7 Å². The van der Waals surface area contributed by atoms with E-state index in [-0.39, 0.29) is 36.1 Å². The zero-order valence-electron chi connectivity index (χ0n) is 24.2. The summed E-state index contributed by atoms with van der Waals surface area (Å²) in [5.41, 5.74) is 4.45. The number of hydrogen-bond donors (Lipinski definition) is 1. The van der Waals surface area contributed by atoms with E-state index in [1.807, 2.05) is 37.3 Å². The van der Waals surface area contributed by atoms with Crippen molar-refractivity contribution in [1.82, 2.24) is 25.1 Å². The van der Waals surface area contributed by atoms with Gasteiger partial charge in [0.1, 0.15) is 17.6 Å². The molecule has 4 aromatic rings. The fourth-order valence-corrected chi connectivity index (χ4v) is 5.32. The van der Waals surface area contributed by atoms with Crippen molar-refractivity contribution in [3.05, 3.63) is 101 Å². The summed E-state index contributed by atoms with van der Waals surface area (Å²) in [6.45, 7) is 3.23. The Labute approximate surface area is 248 Å². The molecule has 1 fully saturated rings. The highest BCUT2D eigenvalue weighted by molar-refractivity contribution is 5.92. The van der Waals surface area contributed by atoms with E-state index in [1.165, 1.54) is 6.07 Å². The molecule has 1 N–H and O–H groups in total. The largest absolute Gasteiger partial charge is 0.383 e. The van der Waals surface area contributed by atoms with Gasteiger partial charge in [-0.2, -0.15) is 10.2 Å². The first-order valence-corrected chi connectivity index (χ1v) is 14.0. The van der Waals surface area contributed by atoms with Crippen LogP contribution in [0.4, 0.5) is 8.78 Å². The summed E-state index contributed by atoms with van der Waals surface area (Å²) in [5, 5.41) is 9.12. The Morgan fingerprint density at radius 1 is 1.09 bits per heavy atom. The van der Waals surface area contributed by atoms with Gasteiger partial charge in [-0.05, 0) is 54.4 Å². The summed E-state index contributed by atoms with van der Waals surface area (Å²) >= 11 is 0. The molecule has 1 amide bonds. The van der Waals surface area contributed by atoms with Gasteiger partial charge in [0.15, 0.2) is 11.6 Å². The van der Waals surface area contributed by atoms with Crippen molar-refractivity contribution in [3.63, 3.8) is 0 Å². The Kier molecular flexibility index (Phi) is 9.34. The topological polar surface area (TPSA) is 98.6 Å². The molecule has 0 bridgehead atoms. The van der Waals surface area contributed by atoms with Gasteiger partial charge < -0.3 is 10.1 Å². The number of methoxy groups -OCH3 is 1. The molecule has 43 heavy (non-hydrogen) atoms. The third-order valence-corrected chi connectivity index (χ3v) is 7.54. The Morgan fingerprint density at radius 2 is 1.88 bits per heavy atom. The van der Waals surface area contributed by atoms with Crippen LogP contribution in [0.15, 0.2) is 66.9 Å². The number of benzene rings is 2. The van der Waals surface area contributed by atoms with Crippen LogP contribution in [0.25, 0.3) is 16.9 Å². The van der Waals surface area contributed by atoms with E-state index >= 15 is 0 Å². The predicted octanol–water partition coefficient (Wildman–Crippen LogP) is 4.63. The Bertz CT molecular complexity index is 1590. The highest BCUT2D eigenvalue weighted by atomic mass is 19.2. The van der Waals surface area contributed by atoms with Crippen LogP contribution in [0, 0.1) is 24.5 Å². The molecule has 0 saturated carbocycles. The van der Waals surface area contributed by atoms with Crippen molar-refractivity contribution in [2.45, 2.75) is 25.9 Å². The second kappa shape index (κ2) is 13.3. The predicted molar refractivity (Wildman–Crippen MR) is 155 cm³/mol. The lowest BCUT2D eigenvalue weighted by Crippen LogP contribution is -2.24. The number of para-hydroxylation sites is 1. The molecule has 0 unspecified atom stereocenters. The fraction of sp³-hybridized carbons (Fsp3) is 0.312. The van der Waals surface area contributed by atoms with Crippen LogP contribution in [0.1, 0.15) is 39.8 Å². The molecule has 224 valence electrons. The van der Waals surface area contributed by atoms with E-state index in [1.54, 1.807) is 42.2 Å². The maximum Gasteiger partial charge on any atom is 0.269 e. The minimum atomic E-state index is -0.964. The molecule has 0 spiro atoms. The fourth-order valence-electron chi connectivity index (χ4n) is 5.32. The number of nitrogens with one attached hydrogen (secondary N) is 1. The van der Waals surface area contributed by atoms with Gasteiger partial charge >= 0.3 is 0 Å². The quantitative estimate of drug-likeness (QED) is 0.272. The number of halogens is 2. The van der Waals surface area contributed by atoms with Crippen molar-refractivity contribution in [2.75, 3.05) is 33.9 Å². The third-order valence-electron chi connectivity index (χ3n) is 7.54. The third kappa shape index (κ3) is 6.69. The Balaban J connectivity index is 1.43. The number of carbonyl (C=O) groups excluding carboxylic acids is 2.